The van der Waals surface area contributed by atoms with E-state index in [0.717, 1.165) is 23.2 Å². The normalized spacial score (nSPS) is 9.67. The molecule has 154 valence electrons. The van der Waals surface area contributed by atoms with E-state index in [0.29, 0.717) is 18.2 Å². The number of benzene rings is 1. The van der Waals surface area contributed by atoms with Crippen molar-refractivity contribution >= 4 is 34.9 Å². The van der Waals surface area contributed by atoms with Gasteiger partial charge in [-0.25, -0.2) is 15.0 Å². The molecule has 0 aliphatic carbocycles. The fourth-order valence-electron chi connectivity index (χ4n) is 2.59. The zero-order valence-electron chi connectivity index (χ0n) is 17.0. The monoisotopic (exact) mass is 422 g/mol. The molecular weight excluding hydrogens is 400 g/mol. The number of anilines is 2. The molecule has 1 N–H and O–H groups in total. The lowest BCUT2D eigenvalue weighted by molar-refractivity contribution is -0.118. The van der Waals surface area contributed by atoms with Crippen molar-refractivity contribution in [3.8, 4) is 6.07 Å². The number of thiophene rings is 1. The lowest BCUT2D eigenvalue weighted by Crippen LogP contribution is -2.32. The summed E-state index contributed by atoms with van der Waals surface area (Å²) in [7, 11) is 1.85. The highest BCUT2D eigenvalue weighted by Gasteiger charge is 2.19. The van der Waals surface area contributed by atoms with Crippen LogP contribution in [-0.2, 0) is 22.6 Å². The number of aryl methyl sites for hydroxylation is 1. The quantitative estimate of drug-likeness (QED) is 0.607. The van der Waals surface area contributed by atoms with Crippen molar-refractivity contribution in [2.24, 2.45) is 0 Å². The number of hydrogen-bond acceptors (Lipinski definition) is 8. The predicted octanol–water partition coefficient (Wildman–Crippen LogP) is 3.14. The Kier molecular flexibility index (Phi) is 8.59. The predicted molar refractivity (Wildman–Crippen MR) is 116 cm³/mol. The molecule has 0 radical (unpaired) electrons. The smallest absolute Gasteiger partial charge is 0.235 e. The van der Waals surface area contributed by atoms with Crippen LogP contribution in [0.1, 0.15) is 30.0 Å². The van der Waals surface area contributed by atoms with Crippen LogP contribution in [0.25, 0.3) is 0 Å². The molecule has 0 bridgehead atoms. The van der Waals surface area contributed by atoms with E-state index in [4.69, 9.17) is 10.1 Å². The number of nitrogens with zero attached hydrogens (tertiary/aromatic N) is 5. The Morgan fingerprint density at radius 2 is 1.93 bits per heavy atom. The molecule has 1 aromatic carbocycles. The van der Waals surface area contributed by atoms with Crippen LogP contribution in [-0.4, -0.2) is 34.2 Å². The van der Waals surface area contributed by atoms with Crippen LogP contribution < -0.4 is 10.2 Å². The first kappa shape index (κ1) is 22.6. The molecule has 8 nitrogen and oxygen atoms in total. The van der Waals surface area contributed by atoms with Crippen molar-refractivity contribution < 1.29 is 9.59 Å². The number of rotatable bonds is 6. The van der Waals surface area contributed by atoms with Gasteiger partial charge in [0, 0.05) is 18.4 Å². The van der Waals surface area contributed by atoms with Crippen LogP contribution in [0.2, 0.25) is 0 Å². The van der Waals surface area contributed by atoms with Crippen molar-refractivity contribution in [1.82, 2.24) is 15.0 Å². The summed E-state index contributed by atoms with van der Waals surface area (Å²) in [6.45, 7) is 3.58. The minimum atomic E-state index is -0.145. The second-order valence-electron chi connectivity index (χ2n) is 6.06. The zero-order valence-corrected chi connectivity index (χ0v) is 17.8. The van der Waals surface area contributed by atoms with Gasteiger partial charge in [0.1, 0.15) is 24.0 Å². The van der Waals surface area contributed by atoms with E-state index in [-0.39, 0.29) is 18.2 Å². The summed E-state index contributed by atoms with van der Waals surface area (Å²) in [6.07, 6.45) is 0.746. The maximum absolute atomic E-state index is 13.0. The second kappa shape index (κ2) is 11.4. The standard InChI is InChI=1S/C19H18N6OS.C2H4O/c1-13-22-17(24-18(10-20)23-13)9-19(26)25(11-14-7-8-27-12-14)16-5-3-15(21-2)4-6-16;1-2-3/h3-8,12,21H,9,11H2,1-2H3;2H,1H3. The van der Waals surface area contributed by atoms with Gasteiger partial charge in [-0.15, -0.1) is 0 Å². The molecule has 3 aromatic rings. The molecule has 0 aliphatic rings. The SMILES string of the molecule is CC=O.CNc1ccc(N(Cc2ccsc2)C(=O)Cc2nc(C)nc(C#N)n2)cc1. The highest BCUT2D eigenvalue weighted by Crippen LogP contribution is 2.22. The summed E-state index contributed by atoms with van der Waals surface area (Å²) in [5.74, 6) is 0.597. The molecule has 0 fully saturated rings. The molecule has 0 saturated heterocycles. The average Bonchev–Trinajstić information content (AvgIpc) is 3.25. The lowest BCUT2D eigenvalue weighted by Gasteiger charge is -2.22. The third-order valence-corrected chi connectivity index (χ3v) is 4.62. The van der Waals surface area contributed by atoms with Crippen LogP contribution in [0.15, 0.2) is 41.1 Å². The van der Waals surface area contributed by atoms with Gasteiger partial charge in [0.2, 0.25) is 11.7 Å². The summed E-state index contributed by atoms with van der Waals surface area (Å²) in [5, 5.41) is 16.1. The molecule has 0 aliphatic heterocycles. The highest BCUT2D eigenvalue weighted by molar-refractivity contribution is 7.07. The van der Waals surface area contributed by atoms with Crippen molar-refractivity contribution in [3.63, 3.8) is 0 Å². The molecule has 2 aromatic heterocycles. The average molecular weight is 423 g/mol. The maximum Gasteiger partial charge on any atom is 0.235 e. The number of carbonyl (C=O) groups excluding carboxylic acids is 2. The van der Waals surface area contributed by atoms with Gasteiger partial charge < -0.3 is 15.0 Å². The molecule has 1 amide bonds. The molecule has 0 unspecified atom stereocenters. The van der Waals surface area contributed by atoms with Gasteiger partial charge in [-0.2, -0.15) is 16.6 Å². The van der Waals surface area contributed by atoms with Gasteiger partial charge in [-0.3, -0.25) is 4.79 Å². The lowest BCUT2D eigenvalue weighted by atomic mass is 10.2. The Balaban J connectivity index is 0.00000101. The first-order chi connectivity index (χ1) is 14.5. The van der Waals surface area contributed by atoms with Crippen molar-refractivity contribution in [2.75, 3.05) is 17.3 Å². The number of aromatic nitrogens is 3. The van der Waals surface area contributed by atoms with Crippen LogP contribution in [0.4, 0.5) is 11.4 Å². The second-order valence-corrected chi connectivity index (χ2v) is 6.84. The topological polar surface area (TPSA) is 112 Å². The Morgan fingerprint density at radius 3 is 2.50 bits per heavy atom. The molecular formula is C21H22N6O2S. The van der Waals surface area contributed by atoms with E-state index < -0.39 is 0 Å². The number of nitrogens with one attached hydrogen (secondary N) is 1. The maximum atomic E-state index is 13.0. The van der Waals surface area contributed by atoms with Crippen molar-refractivity contribution in [2.45, 2.75) is 26.8 Å². The van der Waals surface area contributed by atoms with Gasteiger partial charge in [-0.1, -0.05) is 0 Å². The molecule has 9 heteroatoms. The molecule has 0 saturated carbocycles. The van der Waals surface area contributed by atoms with Crippen molar-refractivity contribution in [1.29, 1.82) is 5.26 Å². The van der Waals surface area contributed by atoms with Gasteiger partial charge in [0.05, 0.1) is 13.0 Å². The minimum absolute atomic E-state index is 0.00401. The Hall–Kier alpha value is -3.64. The Labute approximate surface area is 179 Å². The zero-order chi connectivity index (χ0) is 21.9. The summed E-state index contributed by atoms with van der Waals surface area (Å²) in [6, 6.07) is 11.5. The van der Waals surface area contributed by atoms with E-state index in [1.165, 1.54) is 6.92 Å². The number of nitriles is 1. The van der Waals surface area contributed by atoms with Gasteiger partial charge in [0.25, 0.3) is 0 Å². The van der Waals surface area contributed by atoms with Gasteiger partial charge >= 0.3 is 0 Å². The third-order valence-electron chi connectivity index (χ3n) is 3.89. The summed E-state index contributed by atoms with van der Waals surface area (Å²) >= 11 is 1.59. The molecule has 30 heavy (non-hydrogen) atoms. The summed E-state index contributed by atoms with van der Waals surface area (Å²) < 4.78 is 0. The largest absolute Gasteiger partial charge is 0.388 e. The van der Waals surface area contributed by atoms with Crippen molar-refractivity contribution in [3.05, 3.63) is 64.1 Å². The number of amides is 1. The van der Waals surface area contributed by atoms with Crippen LogP contribution in [0.5, 0.6) is 0 Å². The molecule has 3 rings (SSSR count). The summed E-state index contributed by atoms with van der Waals surface area (Å²) in [5.41, 5.74) is 2.81. The molecule has 0 atom stereocenters. The van der Waals surface area contributed by atoms with E-state index >= 15 is 0 Å². The fraction of sp³-hybridized carbons (Fsp3) is 0.238. The van der Waals surface area contributed by atoms with Crippen LogP contribution in [0, 0.1) is 18.3 Å². The third kappa shape index (κ3) is 6.46. The van der Waals surface area contributed by atoms with E-state index in [1.807, 2.05) is 54.2 Å². The van der Waals surface area contributed by atoms with Gasteiger partial charge in [-0.05, 0) is 60.5 Å². The fourth-order valence-corrected chi connectivity index (χ4v) is 3.25. The summed E-state index contributed by atoms with van der Waals surface area (Å²) in [4.78, 5) is 35.7. The van der Waals surface area contributed by atoms with Gasteiger partial charge in [0.15, 0.2) is 0 Å². The van der Waals surface area contributed by atoms with Crippen LogP contribution >= 0.6 is 11.3 Å². The first-order valence-corrected chi connectivity index (χ1v) is 10.1. The Morgan fingerprint density at radius 1 is 1.23 bits per heavy atom. The number of carbonyl (C=O) groups is 2. The Bertz CT molecular complexity index is 1010. The number of hydrogen-bond donors (Lipinski definition) is 1. The van der Waals surface area contributed by atoms with E-state index in [1.54, 1.807) is 23.2 Å². The van der Waals surface area contributed by atoms with E-state index in [9.17, 15) is 4.79 Å². The highest BCUT2D eigenvalue weighted by atomic mass is 32.1. The van der Waals surface area contributed by atoms with E-state index in [2.05, 4.69) is 20.3 Å². The molecule has 2 heterocycles. The first-order valence-electron chi connectivity index (χ1n) is 9.11. The molecule has 0 spiro atoms. The minimum Gasteiger partial charge on any atom is -0.388 e. The van der Waals surface area contributed by atoms with Crippen LogP contribution in [0.3, 0.4) is 0 Å². The number of aldehydes is 1.